The minimum Gasteiger partial charge on any atom is -0.385 e. The molecule has 0 fully saturated rings. The molecule has 0 aliphatic heterocycles. The van der Waals surface area contributed by atoms with Gasteiger partial charge in [-0.15, -0.1) is 0 Å². The molecular formula is CH3F3LiO4P. The van der Waals surface area contributed by atoms with Crippen LogP contribution in [0, 0.1) is 6.68 Å². The third-order valence-electron chi connectivity index (χ3n) is 0. The minimum absolute atomic E-state index is 0. The average molecular weight is 174 g/mol. The van der Waals surface area contributed by atoms with E-state index in [1.807, 2.05) is 0 Å². The second kappa shape index (κ2) is 7.60. The Kier molecular flexibility index (Phi) is 12.8. The van der Waals surface area contributed by atoms with Gasteiger partial charge in [-0.25, -0.2) is 4.57 Å². The van der Waals surface area contributed by atoms with Crippen molar-refractivity contribution in [3.63, 3.8) is 0 Å². The summed E-state index contributed by atoms with van der Waals surface area (Å²) in [5.74, 6) is 0. The van der Waals surface area contributed by atoms with E-state index in [-0.39, 0.29) is 18.9 Å². The van der Waals surface area contributed by atoms with Crippen LogP contribution >= 0.6 is 7.82 Å². The maximum absolute atomic E-state index is 9.58. The van der Waals surface area contributed by atoms with Crippen molar-refractivity contribution in [1.82, 2.24) is 0 Å². The topological polar surface area (TPSA) is 77.8 Å². The number of halogens is 3. The van der Waals surface area contributed by atoms with Gasteiger partial charge >= 0.3 is 26.7 Å². The number of rotatable bonds is 0. The average Bonchev–Trinajstić information content (AvgIpc) is 1.19. The molecule has 10 heavy (non-hydrogen) atoms. The Bertz CT molecular complexity index is 91.7. The second-order valence-corrected chi connectivity index (χ2v) is 1.75. The molecule has 0 saturated heterocycles. The fraction of sp³-hybridized carbons (Fsp3) is 0. The van der Waals surface area contributed by atoms with E-state index in [0.29, 0.717) is 0 Å². The van der Waals surface area contributed by atoms with Crippen LogP contribution in [0.15, 0.2) is 0 Å². The van der Waals surface area contributed by atoms with Gasteiger partial charge in [0.05, 0.1) is 0 Å². The van der Waals surface area contributed by atoms with Gasteiger partial charge in [-0.1, -0.05) is 0 Å². The summed E-state index contributed by atoms with van der Waals surface area (Å²) in [6, 6.07) is 0. The Balaban J connectivity index is -0.0000000910. The Morgan fingerprint density at radius 1 is 1.10 bits per heavy atom. The number of hydrogen-bond donors (Lipinski definition) is 3. The molecule has 0 aromatic carbocycles. The van der Waals surface area contributed by atoms with Crippen molar-refractivity contribution in [2.24, 2.45) is 0 Å². The smallest absolute Gasteiger partial charge is 0.385 e. The first-order valence-electron chi connectivity index (χ1n) is 1.35. The first kappa shape index (κ1) is 16.8. The third-order valence-corrected chi connectivity index (χ3v) is 0. The Hall–Kier alpha value is 0.497. The maximum Gasteiger partial charge on any atom is 1.00 e. The maximum atomic E-state index is 9.58. The van der Waals surface area contributed by atoms with Crippen molar-refractivity contribution in [3.05, 3.63) is 6.68 Å². The van der Waals surface area contributed by atoms with E-state index in [9.17, 15) is 13.2 Å². The summed E-state index contributed by atoms with van der Waals surface area (Å²) in [4.78, 5) is 21.6. The minimum atomic E-state index is -4.64. The summed E-state index contributed by atoms with van der Waals surface area (Å²) in [6.45, 7) is -3.08. The van der Waals surface area contributed by atoms with Crippen molar-refractivity contribution in [2.45, 2.75) is 0 Å². The monoisotopic (exact) mass is 174 g/mol. The number of phosphoric acid groups is 1. The van der Waals surface area contributed by atoms with Gasteiger partial charge < -0.3 is 27.9 Å². The Morgan fingerprint density at radius 2 is 1.10 bits per heavy atom. The van der Waals surface area contributed by atoms with E-state index in [1.165, 1.54) is 0 Å². The van der Waals surface area contributed by atoms with Gasteiger partial charge in [0.1, 0.15) is 0 Å². The molecule has 0 unspecified atom stereocenters. The van der Waals surface area contributed by atoms with E-state index < -0.39 is 14.5 Å². The molecule has 58 valence electrons. The molecule has 0 spiro atoms. The molecule has 0 rings (SSSR count). The van der Waals surface area contributed by atoms with Crippen LogP contribution in [0.25, 0.3) is 0 Å². The van der Waals surface area contributed by atoms with E-state index >= 15 is 0 Å². The Morgan fingerprint density at radius 3 is 1.10 bits per heavy atom. The predicted molar refractivity (Wildman–Crippen MR) is 20.8 cm³/mol. The van der Waals surface area contributed by atoms with E-state index in [1.54, 1.807) is 0 Å². The largest absolute Gasteiger partial charge is 1.00 e. The molecule has 0 aromatic heterocycles. The molecule has 0 amide bonds. The van der Waals surface area contributed by atoms with Crippen LogP contribution in [0.1, 0.15) is 0 Å². The first-order valence-corrected chi connectivity index (χ1v) is 2.91. The SMILES string of the molecule is F[C-](F)F.O=P(O)(O)O.[Li+]. The standard InChI is InChI=1S/CF3.Li.H3O4P/c2-1(3)4;;1-5(2,3)4/h;;(H3,1,2,3,4)/q-1;+1;. The molecular weight excluding hydrogens is 171 g/mol. The first-order chi connectivity index (χ1) is 3.73. The van der Waals surface area contributed by atoms with Crippen molar-refractivity contribution in [2.75, 3.05) is 0 Å². The molecule has 4 nitrogen and oxygen atoms in total. The zero-order valence-corrected chi connectivity index (χ0v) is 5.73. The van der Waals surface area contributed by atoms with Crippen molar-refractivity contribution < 1.29 is 51.3 Å². The molecule has 0 aliphatic rings. The van der Waals surface area contributed by atoms with Crippen LogP contribution in [0.3, 0.4) is 0 Å². The number of hydrogen-bond acceptors (Lipinski definition) is 1. The quantitative estimate of drug-likeness (QED) is 0.214. The normalized spacial score (nSPS) is 9.50. The summed E-state index contributed by atoms with van der Waals surface area (Å²) in [5, 5.41) is 0. The fourth-order valence-corrected chi connectivity index (χ4v) is 0. The van der Waals surface area contributed by atoms with E-state index in [4.69, 9.17) is 19.2 Å². The zero-order chi connectivity index (χ0) is 8.08. The summed E-state index contributed by atoms with van der Waals surface area (Å²) >= 11 is 0. The molecule has 0 bridgehead atoms. The van der Waals surface area contributed by atoms with Crippen molar-refractivity contribution in [1.29, 1.82) is 0 Å². The molecule has 9 heteroatoms. The second-order valence-electron chi connectivity index (χ2n) is 0.728. The van der Waals surface area contributed by atoms with Crippen LogP contribution < -0.4 is 18.9 Å². The van der Waals surface area contributed by atoms with Crippen molar-refractivity contribution >= 4 is 7.82 Å². The summed E-state index contributed by atoms with van der Waals surface area (Å²) < 4.78 is 37.6. The summed E-state index contributed by atoms with van der Waals surface area (Å²) in [7, 11) is -4.64. The summed E-state index contributed by atoms with van der Waals surface area (Å²) in [6.07, 6.45) is 0. The van der Waals surface area contributed by atoms with E-state index in [2.05, 4.69) is 0 Å². The molecule has 0 radical (unpaired) electrons. The molecule has 0 saturated carbocycles. The van der Waals surface area contributed by atoms with Gasteiger partial charge in [-0.3, -0.25) is 0 Å². The molecule has 0 aliphatic carbocycles. The van der Waals surface area contributed by atoms with Gasteiger partial charge in [0.2, 0.25) is 0 Å². The van der Waals surface area contributed by atoms with Crippen molar-refractivity contribution in [3.8, 4) is 0 Å². The molecule has 0 aromatic rings. The van der Waals surface area contributed by atoms with Crippen LogP contribution in [0.4, 0.5) is 13.2 Å². The molecule has 0 atom stereocenters. The van der Waals surface area contributed by atoms with Gasteiger partial charge in [-0.05, 0) is 0 Å². The third kappa shape index (κ3) is 1930. The van der Waals surface area contributed by atoms with Crippen LogP contribution in [0.5, 0.6) is 0 Å². The van der Waals surface area contributed by atoms with Gasteiger partial charge in [0.25, 0.3) is 0 Å². The van der Waals surface area contributed by atoms with Gasteiger partial charge in [-0.2, -0.15) is 0 Å². The van der Waals surface area contributed by atoms with Crippen LogP contribution in [-0.2, 0) is 4.57 Å². The summed E-state index contributed by atoms with van der Waals surface area (Å²) in [5.41, 5.74) is 0. The van der Waals surface area contributed by atoms with Gasteiger partial charge in [0, 0.05) is 0 Å². The Labute approximate surface area is 66.5 Å². The van der Waals surface area contributed by atoms with Crippen LogP contribution in [-0.4, -0.2) is 14.7 Å². The molecule has 3 N–H and O–H groups in total. The van der Waals surface area contributed by atoms with Gasteiger partial charge in [0.15, 0.2) is 6.68 Å². The van der Waals surface area contributed by atoms with Crippen LogP contribution in [0.2, 0.25) is 0 Å². The fourth-order valence-electron chi connectivity index (χ4n) is 0. The zero-order valence-electron chi connectivity index (χ0n) is 4.83. The van der Waals surface area contributed by atoms with E-state index in [0.717, 1.165) is 0 Å². The molecule has 0 heterocycles. The predicted octanol–water partition coefficient (Wildman–Crippen LogP) is -2.58.